The summed E-state index contributed by atoms with van der Waals surface area (Å²) in [6.07, 6.45) is 0. The van der Waals surface area contributed by atoms with Crippen LogP contribution in [0.5, 0.6) is 0 Å². The zero-order valence-electron chi connectivity index (χ0n) is 8.64. The molecule has 84 valence electrons. The van der Waals surface area contributed by atoms with Gasteiger partial charge in [0.2, 0.25) is 10.0 Å². The molecule has 5 nitrogen and oxygen atoms in total. The third kappa shape index (κ3) is 2.36. The third-order valence-electron chi connectivity index (χ3n) is 1.80. The quantitative estimate of drug-likeness (QED) is 0.839. The van der Waals surface area contributed by atoms with E-state index < -0.39 is 10.0 Å². The Morgan fingerprint density at radius 1 is 1.47 bits per heavy atom. The van der Waals surface area contributed by atoms with Crippen molar-refractivity contribution in [2.75, 3.05) is 21.1 Å². The first-order valence-corrected chi connectivity index (χ1v) is 6.44. The Morgan fingerprint density at radius 3 is 2.53 bits per heavy atom. The molecule has 0 atom stereocenters. The molecule has 0 fully saturated rings. The molecule has 0 saturated carbocycles. The second-order valence-corrected chi connectivity index (χ2v) is 6.08. The monoisotopic (exact) mass is 248 g/mol. The van der Waals surface area contributed by atoms with Crippen molar-refractivity contribution in [3.05, 3.63) is 16.3 Å². The first-order chi connectivity index (χ1) is 6.89. The van der Waals surface area contributed by atoms with Crippen molar-refractivity contribution >= 4 is 27.3 Å². The maximum Gasteiger partial charge on any atom is 0.261 e. The minimum Gasteiger partial charge on any atom is -0.354 e. The van der Waals surface area contributed by atoms with E-state index in [1.807, 2.05) is 0 Å². The van der Waals surface area contributed by atoms with Crippen LogP contribution in [0.4, 0.5) is 0 Å². The lowest BCUT2D eigenvalue weighted by molar-refractivity contribution is 0.0967. The summed E-state index contributed by atoms with van der Waals surface area (Å²) in [4.78, 5) is 11.8. The van der Waals surface area contributed by atoms with E-state index in [4.69, 9.17) is 0 Å². The molecule has 0 bridgehead atoms. The van der Waals surface area contributed by atoms with Crippen molar-refractivity contribution in [1.82, 2.24) is 9.62 Å². The molecular weight excluding hydrogens is 236 g/mol. The van der Waals surface area contributed by atoms with E-state index in [1.165, 1.54) is 32.6 Å². The van der Waals surface area contributed by atoms with Crippen LogP contribution in [-0.4, -0.2) is 39.8 Å². The first kappa shape index (κ1) is 12.2. The third-order valence-corrected chi connectivity index (χ3v) is 4.68. The van der Waals surface area contributed by atoms with E-state index in [2.05, 4.69) is 5.32 Å². The Hall–Kier alpha value is -0.920. The van der Waals surface area contributed by atoms with Crippen LogP contribution < -0.4 is 5.32 Å². The second-order valence-electron chi connectivity index (χ2n) is 3.01. The average Bonchev–Trinajstić information content (AvgIpc) is 2.65. The number of amides is 1. The van der Waals surface area contributed by atoms with Gasteiger partial charge in [-0.1, -0.05) is 0 Å². The highest BCUT2D eigenvalue weighted by molar-refractivity contribution is 7.89. The van der Waals surface area contributed by atoms with Crippen LogP contribution in [0.15, 0.2) is 16.3 Å². The van der Waals surface area contributed by atoms with Crippen molar-refractivity contribution in [3.8, 4) is 0 Å². The molecule has 1 aromatic heterocycles. The van der Waals surface area contributed by atoms with Gasteiger partial charge in [0.05, 0.1) is 9.77 Å². The SMILES string of the molecule is CNC(=O)c1cc(S(=O)(=O)N(C)C)cs1. The summed E-state index contributed by atoms with van der Waals surface area (Å²) in [6.45, 7) is 0. The lowest BCUT2D eigenvalue weighted by Gasteiger charge is -2.08. The van der Waals surface area contributed by atoms with Crippen LogP contribution in [0.25, 0.3) is 0 Å². The molecule has 1 rings (SSSR count). The van der Waals surface area contributed by atoms with Gasteiger partial charge in [-0.2, -0.15) is 0 Å². The Balaban J connectivity index is 3.10. The molecule has 0 spiro atoms. The average molecular weight is 248 g/mol. The van der Waals surface area contributed by atoms with Crippen molar-refractivity contribution < 1.29 is 13.2 Å². The van der Waals surface area contributed by atoms with Gasteiger partial charge in [-0.3, -0.25) is 4.79 Å². The van der Waals surface area contributed by atoms with Gasteiger partial charge >= 0.3 is 0 Å². The van der Waals surface area contributed by atoms with E-state index in [1.54, 1.807) is 0 Å². The van der Waals surface area contributed by atoms with E-state index in [0.717, 1.165) is 15.6 Å². The topological polar surface area (TPSA) is 66.5 Å². The molecule has 15 heavy (non-hydrogen) atoms. The minimum atomic E-state index is -3.43. The van der Waals surface area contributed by atoms with Gasteiger partial charge in [0.25, 0.3) is 5.91 Å². The van der Waals surface area contributed by atoms with Crippen molar-refractivity contribution in [1.29, 1.82) is 0 Å². The highest BCUT2D eigenvalue weighted by Gasteiger charge is 2.20. The Morgan fingerprint density at radius 2 is 2.07 bits per heavy atom. The largest absolute Gasteiger partial charge is 0.354 e. The summed E-state index contributed by atoms with van der Waals surface area (Å²) in [6, 6.07) is 1.37. The van der Waals surface area contributed by atoms with Crippen LogP contribution >= 0.6 is 11.3 Å². The molecule has 7 heteroatoms. The van der Waals surface area contributed by atoms with E-state index in [-0.39, 0.29) is 10.8 Å². The lowest BCUT2D eigenvalue weighted by Crippen LogP contribution is -2.22. The van der Waals surface area contributed by atoms with Gasteiger partial charge in [0.15, 0.2) is 0 Å². The van der Waals surface area contributed by atoms with Crippen molar-refractivity contribution in [2.45, 2.75) is 4.90 Å². The standard InChI is InChI=1S/C8H12N2O3S2/c1-9-8(11)7-4-6(5-14-7)15(12,13)10(2)3/h4-5H,1-3H3,(H,9,11). The fourth-order valence-corrected chi connectivity index (χ4v) is 3.02. The molecule has 0 aliphatic heterocycles. The van der Waals surface area contributed by atoms with E-state index >= 15 is 0 Å². The number of nitrogens with zero attached hydrogens (tertiary/aromatic N) is 1. The van der Waals surface area contributed by atoms with E-state index in [9.17, 15) is 13.2 Å². The smallest absolute Gasteiger partial charge is 0.261 e. The fraction of sp³-hybridized carbons (Fsp3) is 0.375. The number of thiophene rings is 1. The molecule has 1 N–H and O–H groups in total. The van der Waals surface area contributed by atoms with Gasteiger partial charge in [0, 0.05) is 26.5 Å². The summed E-state index contributed by atoms with van der Waals surface area (Å²) >= 11 is 1.11. The van der Waals surface area contributed by atoms with Gasteiger partial charge < -0.3 is 5.32 Å². The van der Waals surface area contributed by atoms with E-state index in [0.29, 0.717) is 4.88 Å². The Labute approximate surface area is 92.8 Å². The molecule has 1 aromatic rings. The molecule has 0 unspecified atom stereocenters. The number of rotatable bonds is 3. The summed E-state index contributed by atoms with van der Waals surface area (Å²) in [5, 5.41) is 3.90. The van der Waals surface area contributed by atoms with Crippen LogP contribution in [0.2, 0.25) is 0 Å². The predicted molar refractivity (Wildman–Crippen MR) is 58.6 cm³/mol. The van der Waals surface area contributed by atoms with Gasteiger partial charge in [-0.25, -0.2) is 12.7 Å². The predicted octanol–water partition coefficient (Wildman–Crippen LogP) is 0.358. The number of nitrogens with one attached hydrogen (secondary N) is 1. The maximum atomic E-state index is 11.7. The molecule has 0 radical (unpaired) electrons. The number of hydrogen-bond donors (Lipinski definition) is 1. The molecule has 0 saturated heterocycles. The number of hydrogen-bond acceptors (Lipinski definition) is 4. The molecule has 0 aliphatic rings. The highest BCUT2D eigenvalue weighted by atomic mass is 32.2. The van der Waals surface area contributed by atoms with Crippen molar-refractivity contribution in [2.24, 2.45) is 0 Å². The van der Waals surface area contributed by atoms with Crippen LogP contribution in [0, 0.1) is 0 Å². The molecular formula is C8H12N2O3S2. The number of carbonyl (C=O) groups is 1. The normalized spacial score (nSPS) is 11.7. The molecule has 0 aromatic carbocycles. The molecule has 1 amide bonds. The number of sulfonamides is 1. The summed E-state index contributed by atoms with van der Waals surface area (Å²) in [5.74, 6) is -0.278. The summed E-state index contributed by atoms with van der Waals surface area (Å²) in [5.41, 5.74) is 0. The lowest BCUT2D eigenvalue weighted by atomic mass is 10.4. The Kier molecular flexibility index (Phi) is 3.48. The highest BCUT2D eigenvalue weighted by Crippen LogP contribution is 2.21. The Bertz CT molecular complexity index is 462. The summed E-state index contributed by atoms with van der Waals surface area (Å²) in [7, 11) is 0.970. The second kappa shape index (κ2) is 4.30. The van der Waals surface area contributed by atoms with Gasteiger partial charge in [0.1, 0.15) is 0 Å². The zero-order valence-corrected chi connectivity index (χ0v) is 10.3. The molecule has 0 aliphatic carbocycles. The number of carbonyl (C=O) groups excluding carboxylic acids is 1. The zero-order chi connectivity index (χ0) is 11.6. The van der Waals surface area contributed by atoms with Gasteiger partial charge in [-0.15, -0.1) is 11.3 Å². The summed E-state index contributed by atoms with van der Waals surface area (Å²) < 4.78 is 24.4. The van der Waals surface area contributed by atoms with Crippen molar-refractivity contribution in [3.63, 3.8) is 0 Å². The molecule has 1 heterocycles. The minimum absolute atomic E-state index is 0.149. The van der Waals surface area contributed by atoms with Gasteiger partial charge in [-0.05, 0) is 6.07 Å². The van der Waals surface area contributed by atoms with Crippen LogP contribution in [-0.2, 0) is 10.0 Å². The fourth-order valence-electron chi connectivity index (χ4n) is 0.907. The maximum absolute atomic E-state index is 11.7. The van der Waals surface area contributed by atoms with Crippen LogP contribution in [0.1, 0.15) is 9.67 Å². The first-order valence-electron chi connectivity index (χ1n) is 4.12. The van der Waals surface area contributed by atoms with Crippen LogP contribution in [0.3, 0.4) is 0 Å².